The third-order valence-corrected chi connectivity index (χ3v) is 1.87. The standard InChI is InChI=1S/C7H10F3NO4/c8-7(9,10)2-11-6(14)5-4(13)3(12)1-15-5/h3-5,12-13H,1-2H2,(H,11,14). The van der Waals surface area contributed by atoms with Crippen LogP contribution in [0.4, 0.5) is 13.2 Å². The summed E-state index contributed by atoms with van der Waals surface area (Å²) in [6, 6.07) is 0. The Morgan fingerprint density at radius 2 is 2.07 bits per heavy atom. The van der Waals surface area contributed by atoms with Crippen molar-refractivity contribution < 1.29 is 32.9 Å². The zero-order chi connectivity index (χ0) is 11.6. The van der Waals surface area contributed by atoms with Gasteiger partial charge in [0.15, 0.2) is 6.10 Å². The van der Waals surface area contributed by atoms with E-state index in [9.17, 15) is 18.0 Å². The summed E-state index contributed by atoms with van der Waals surface area (Å²) in [7, 11) is 0. The van der Waals surface area contributed by atoms with E-state index in [1.165, 1.54) is 0 Å². The maximum atomic E-state index is 11.7. The van der Waals surface area contributed by atoms with Gasteiger partial charge in [0, 0.05) is 0 Å². The molecule has 0 aromatic rings. The van der Waals surface area contributed by atoms with Gasteiger partial charge in [-0.05, 0) is 0 Å². The molecule has 3 N–H and O–H groups in total. The highest BCUT2D eigenvalue weighted by molar-refractivity contribution is 5.81. The van der Waals surface area contributed by atoms with Crippen LogP contribution in [-0.4, -0.2) is 53.8 Å². The number of alkyl halides is 3. The van der Waals surface area contributed by atoms with E-state index in [4.69, 9.17) is 10.2 Å². The van der Waals surface area contributed by atoms with Crippen molar-refractivity contribution in [1.29, 1.82) is 0 Å². The van der Waals surface area contributed by atoms with Crippen molar-refractivity contribution in [2.45, 2.75) is 24.5 Å². The van der Waals surface area contributed by atoms with E-state index in [1.807, 2.05) is 0 Å². The first-order chi connectivity index (χ1) is 6.81. The number of nitrogens with one attached hydrogen (secondary N) is 1. The van der Waals surface area contributed by atoms with Crippen molar-refractivity contribution in [3.05, 3.63) is 0 Å². The first-order valence-electron chi connectivity index (χ1n) is 4.13. The monoisotopic (exact) mass is 229 g/mol. The van der Waals surface area contributed by atoms with Crippen molar-refractivity contribution in [3.63, 3.8) is 0 Å². The second-order valence-electron chi connectivity index (χ2n) is 3.14. The smallest absolute Gasteiger partial charge is 0.388 e. The summed E-state index contributed by atoms with van der Waals surface area (Å²) >= 11 is 0. The minimum Gasteiger partial charge on any atom is -0.388 e. The van der Waals surface area contributed by atoms with Crippen LogP contribution in [-0.2, 0) is 9.53 Å². The molecule has 3 atom stereocenters. The Kier molecular flexibility index (Phi) is 3.53. The number of halogens is 3. The fraction of sp³-hybridized carbons (Fsp3) is 0.857. The highest BCUT2D eigenvalue weighted by Gasteiger charge is 2.40. The molecule has 0 aromatic heterocycles. The molecule has 0 aliphatic carbocycles. The van der Waals surface area contributed by atoms with E-state index < -0.39 is 36.9 Å². The SMILES string of the molecule is O=C(NCC(F)(F)F)C1OCC(O)C1O. The molecule has 0 saturated carbocycles. The molecule has 1 rings (SSSR count). The summed E-state index contributed by atoms with van der Waals surface area (Å²) in [5.74, 6) is -1.09. The summed E-state index contributed by atoms with van der Waals surface area (Å²) in [5.41, 5.74) is 0. The molecule has 1 heterocycles. The minimum absolute atomic E-state index is 0.273. The van der Waals surface area contributed by atoms with Crippen LogP contribution < -0.4 is 5.32 Å². The molecule has 88 valence electrons. The first-order valence-corrected chi connectivity index (χ1v) is 4.13. The fourth-order valence-electron chi connectivity index (χ4n) is 1.12. The second-order valence-corrected chi connectivity index (χ2v) is 3.14. The third kappa shape index (κ3) is 3.33. The number of rotatable bonds is 2. The number of carbonyl (C=O) groups excluding carboxylic acids is 1. The van der Waals surface area contributed by atoms with Crippen molar-refractivity contribution >= 4 is 5.91 Å². The molecule has 3 unspecified atom stereocenters. The van der Waals surface area contributed by atoms with Crippen LogP contribution in [0.1, 0.15) is 0 Å². The molecule has 0 aromatic carbocycles. The maximum Gasteiger partial charge on any atom is 0.405 e. The minimum atomic E-state index is -4.52. The number of carbonyl (C=O) groups is 1. The predicted molar refractivity (Wildman–Crippen MR) is 40.8 cm³/mol. The van der Waals surface area contributed by atoms with Crippen molar-refractivity contribution in [3.8, 4) is 0 Å². The molecule has 5 nitrogen and oxygen atoms in total. The van der Waals surface area contributed by atoms with Gasteiger partial charge in [0.2, 0.25) is 0 Å². The van der Waals surface area contributed by atoms with E-state index >= 15 is 0 Å². The van der Waals surface area contributed by atoms with E-state index in [2.05, 4.69) is 4.74 Å². The number of aliphatic hydroxyl groups is 2. The topological polar surface area (TPSA) is 78.8 Å². The van der Waals surface area contributed by atoms with Crippen LogP contribution in [0.2, 0.25) is 0 Å². The van der Waals surface area contributed by atoms with Crippen LogP contribution >= 0.6 is 0 Å². The van der Waals surface area contributed by atoms with Crippen molar-refractivity contribution in [2.75, 3.05) is 13.2 Å². The summed E-state index contributed by atoms with van der Waals surface area (Å²) in [4.78, 5) is 11.0. The molecule has 1 saturated heterocycles. The highest BCUT2D eigenvalue weighted by Crippen LogP contribution is 2.16. The lowest BCUT2D eigenvalue weighted by Gasteiger charge is -2.15. The second kappa shape index (κ2) is 4.33. The largest absolute Gasteiger partial charge is 0.405 e. The van der Waals surface area contributed by atoms with Gasteiger partial charge >= 0.3 is 6.18 Å². The van der Waals surface area contributed by atoms with Gasteiger partial charge in [0.1, 0.15) is 18.8 Å². The average Bonchev–Trinajstić information content (AvgIpc) is 2.43. The molecule has 15 heavy (non-hydrogen) atoms. The van der Waals surface area contributed by atoms with Gasteiger partial charge in [-0.2, -0.15) is 13.2 Å². The molecular weight excluding hydrogens is 219 g/mol. The van der Waals surface area contributed by atoms with Crippen LogP contribution in [0, 0.1) is 0 Å². The van der Waals surface area contributed by atoms with Crippen LogP contribution in [0.25, 0.3) is 0 Å². The van der Waals surface area contributed by atoms with Gasteiger partial charge in [-0.15, -0.1) is 0 Å². The highest BCUT2D eigenvalue weighted by atomic mass is 19.4. The van der Waals surface area contributed by atoms with E-state index in [1.54, 1.807) is 5.32 Å². The van der Waals surface area contributed by atoms with Gasteiger partial charge in [-0.25, -0.2) is 0 Å². The number of hydrogen-bond acceptors (Lipinski definition) is 4. The van der Waals surface area contributed by atoms with Crippen LogP contribution in [0.15, 0.2) is 0 Å². The first kappa shape index (κ1) is 12.2. The lowest BCUT2D eigenvalue weighted by molar-refractivity contribution is -0.146. The Labute approximate surface area is 82.8 Å². The zero-order valence-electron chi connectivity index (χ0n) is 7.49. The van der Waals surface area contributed by atoms with Crippen LogP contribution in [0.5, 0.6) is 0 Å². The molecule has 1 amide bonds. The molecule has 1 aliphatic heterocycles. The van der Waals surface area contributed by atoms with Gasteiger partial charge in [0.05, 0.1) is 6.61 Å². The van der Waals surface area contributed by atoms with E-state index in [0.29, 0.717) is 0 Å². The average molecular weight is 229 g/mol. The van der Waals surface area contributed by atoms with Crippen molar-refractivity contribution in [2.24, 2.45) is 0 Å². The molecule has 0 spiro atoms. The lowest BCUT2D eigenvalue weighted by Crippen LogP contribution is -2.45. The number of aliphatic hydroxyl groups excluding tert-OH is 2. The Morgan fingerprint density at radius 3 is 2.47 bits per heavy atom. The quantitative estimate of drug-likeness (QED) is 0.555. The molecule has 1 aliphatic rings. The Balaban J connectivity index is 2.41. The normalized spacial score (nSPS) is 31.7. The number of ether oxygens (including phenoxy) is 1. The van der Waals surface area contributed by atoms with Gasteiger partial charge < -0.3 is 20.3 Å². The molecule has 0 radical (unpaired) electrons. The Hall–Kier alpha value is -0.860. The summed E-state index contributed by atoms with van der Waals surface area (Å²) in [6.45, 7) is -1.76. The van der Waals surface area contributed by atoms with Crippen molar-refractivity contribution in [1.82, 2.24) is 5.32 Å². The molecule has 0 bridgehead atoms. The summed E-state index contributed by atoms with van der Waals surface area (Å²) < 4.78 is 39.8. The van der Waals surface area contributed by atoms with Gasteiger partial charge in [-0.3, -0.25) is 4.79 Å². The van der Waals surface area contributed by atoms with Gasteiger partial charge in [-0.1, -0.05) is 0 Å². The van der Waals surface area contributed by atoms with E-state index in [0.717, 1.165) is 0 Å². The Bertz CT molecular complexity index is 245. The van der Waals surface area contributed by atoms with Crippen LogP contribution in [0.3, 0.4) is 0 Å². The summed E-state index contributed by atoms with van der Waals surface area (Å²) in [5, 5.41) is 19.7. The molecule has 1 fully saturated rings. The predicted octanol–water partition coefficient (Wildman–Crippen LogP) is -1.21. The molecular formula is C7H10F3NO4. The lowest BCUT2D eigenvalue weighted by atomic mass is 10.1. The third-order valence-electron chi connectivity index (χ3n) is 1.87. The summed E-state index contributed by atoms with van der Waals surface area (Å²) in [6.07, 6.45) is -8.69. The van der Waals surface area contributed by atoms with Gasteiger partial charge in [0.25, 0.3) is 5.91 Å². The molecule has 8 heteroatoms. The Morgan fingerprint density at radius 1 is 1.47 bits per heavy atom. The number of hydrogen-bond donors (Lipinski definition) is 3. The van der Waals surface area contributed by atoms with E-state index in [-0.39, 0.29) is 6.61 Å². The fourth-order valence-corrected chi connectivity index (χ4v) is 1.12. The zero-order valence-corrected chi connectivity index (χ0v) is 7.49. The maximum absolute atomic E-state index is 11.7. The number of amides is 1.